The zero-order valence-corrected chi connectivity index (χ0v) is 28.4. The number of likely N-dealkylation sites (tertiary alicyclic amines) is 2. The molecule has 258 valence electrons. The number of ether oxygens (including phenoxy) is 1. The van der Waals surface area contributed by atoms with Gasteiger partial charge in [-0.2, -0.15) is 0 Å². The molecule has 1 aliphatic carbocycles. The number of alkyl halides is 1. The van der Waals surface area contributed by atoms with Crippen LogP contribution in [0, 0.1) is 19.8 Å². The number of fused-ring (bicyclic) bond motifs is 1. The molecule has 0 spiro atoms. The van der Waals surface area contributed by atoms with Gasteiger partial charge < -0.3 is 30.1 Å². The average molecular weight is 670 g/mol. The van der Waals surface area contributed by atoms with E-state index in [0.717, 1.165) is 28.9 Å². The van der Waals surface area contributed by atoms with Crippen molar-refractivity contribution in [1.29, 1.82) is 0 Å². The molecule has 2 heterocycles. The lowest BCUT2D eigenvalue weighted by Crippen LogP contribution is -2.79. The zero-order valence-electron chi connectivity index (χ0n) is 28.4. The lowest BCUT2D eigenvalue weighted by atomic mass is 9.69. The van der Waals surface area contributed by atoms with Crippen LogP contribution in [0.4, 0.5) is 4.39 Å². The molecule has 0 aromatic heterocycles. The number of benzene rings is 3. The van der Waals surface area contributed by atoms with Crippen molar-refractivity contribution in [3.05, 3.63) is 107 Å². The summed E-state index contributed by atoms with van der Waals surface area (Å²) >= 11 is 0. The van der Waals surface area contributed by atoms with Crippen LogP contribution in [0.15, 0.2) is 78.9 Å². The molecule has 3 aromatic carbocycles. The van der Waals surface area contributed by atoms with E-state index in [9.17, 15) is 24.6 Å². The number of aliphatic hydroxyl groups is 1. The Hall–Kier alpha value is -4.70. The molecule has 3 aliphatic rings. The van der Waals surface area contributed by atoms with Crippen LogP contribution in [0.3, 0.4) is 0 Å². The molecule has 10 heteroatoms. The number of aromatic hydroxyl groups is 1. The van der Waals surface area contributed by atoms with Crippen molar-refractivity contribution in [3.63, 3.8) is 0 Å². The molecule has 6 rings (SSSR count). The fourth-order valence-corrected chi connectivity index (χ4v) is 7.25. The van der Waals surface area contributed by atoms with Crippen molar-refractivity contribution >= 4 is 17.7 Å². The van der Waals surface area contributed by atoms with Gasteiger partial charge in [-0.1, -0.05) is 49.0 Å². The Balaban J connectivity index is 1.26. The number of hydrogen-bond acceptors (Lipinski definition) is 6. The molecular formula is C39H44FN3O6. The molecular weight excluding hydrogens is 625 g/mol. The molecule has 1 saturated carbocycles. The SMILES string of the molecule is C=C(C)C1(F)CN(C(=O)C(O)[C@H](Cc2ccccc2)NC(=O)c2cc(C)cc(O)c2C)[C@@H]2C(=O)N(Cc3cccc(OCC4CC4)c3)C21C. The zero-order chi connectivity index (χ0) is 35.2. The fourth-order valence-electron chi connectivity index (χ4n) is 7.25. The van der Waals surface area contributed by atoms with Crippen molar-refractivity contribution in [2.45, 2.75) is 82.9 Å². The van der Waals surface area contributed by atoms with Crippen molar-refractivity contribution in [2.75, 3.05) is 13.2 Å². The second-order valence-corrected chi connectivity index (χ2v) is 14.1. The summed E-state index contributed by atoms with van der Waals surface area (Å²) < 4.78 is 23.1. The van der Waals surface area contributed by atoms with Crippen molar-refractivity contribution < 1.29 is 33.7 Å². The fraction of sp³-hybridized carbons (Fsp3) is 0.410. The molecule has 0 radical (unpaired) electrons. The van der Waals surface area contributed by atoms with Gasteiger partial charge in [-0.15, -0.1) is 0 Å². The Morgan fingerprint density at radius 2 is 1.78 bits per heavy atom. The normalized spacial score (nSPS) is 24.1. The van der Waals surface area contributed by atoms with Gasteiger partial charge in [0.1, 0.15) is 23.1 Å². The lowest BCUT2D eigenvalue weighted by molar-refractivity contribution is -0.178. The van der Waals surface area contributed by atoms with Gasteiger partial charge >= 0.3 is 0 Å². The standard InChI is InChI=1S/C39H44FN3O6/c1-23(2)39(40)22-42(34-37(48)43(38(34,39)5)20-28-12-9-13-29(18-28)49-21-27-14-15-27)36(47)33(45)31(19-26-10-7-6-8-11-26)41-35(46)30-16-24(3)17-32(44)25(30)4/h6-13,16-18,27,31,33-34,44-45H,1,14-15,19-22H2,2-5H3,(H,41,46)/t31-,33?,34+,38?,39?/m0/s1. The third-order valence-corrected chi connectivity index (χ3v) is 10.5. The number of aliphatic hydroxyl groups excluding tert-OH is 1. The largest absolute Gasteiger partial charge is 0.508 e. The maximum Gasteiger partial charge on any atom is 0.254 e. The number of phenolic OH excluding ortho intramolecular Hbond substituents is 1. The van der Waals surface area contributed by atoms with E-state index in [1.54, 1.807) is 57.2 Å². The van der Waals surface area contributed by atoms with Gasteiger partial charge in [-0.3, -0.25) is 14.4 Å². The highest BCUT2D eigenvalue weighted by Gasteiger charge is 2.76. The van der Waals surface area contributed by atoms with Crippen LogP contribution in [0.25, 0.3) is 0 Å². The number of carbonyl (C=O) groups excluding carboxylic acids is 3. The number of nitrogens with one attached hydrogen (secondary N) is 1. The van der Waals surface area contributed by atoms with Gasteiger partial charge in [0, 0.05) is 17.7 Å². The Labute approximate surface area is 286 Å². The first kappa shape index (κ1) is 34.2. The molecule has 3 N–H and O–H groups in total. The molecule has 2 aliphatic heterocycles. The Bertz CT molecular complexity index is 1790. The van der Waals surface area contributed by atoms with Crippen LogP contribution >= 0.6 is 0 Å². The number of hydrogen-bond donors (Lipinski definition) is 3. The summed E-state index contributed by atoms with van der Waals surface area (Å²) in [5, 5.41) is 24.8. The first-order valence-electron chi connectivity index (χ1n) is 16.8. The van der Waals surface area contributed by atoms with E-state index in [-0.39, 0.29) is 29.9 Å². The van der Waals surface area contributed by atoms with E-state index >= 15 is 4.39 Å². The van der Waals surface area contributed by atoms with Crippen LogP contribution in [-0.4, -0.2) is 80.3 Å². The van der Waals surface area contributed by atoms with E-state index in [4.69, 9.17) is 4.74 Å². The van der Waals surface area contributed by atoms with Crippen molar-refractivity contribution in [2.24, 2.45) is 5.92 Å². The number of carbonyl (C=O) groups is 3. The van der Waals surface area contributed by atoms with E-state index in [1.807, 2.05) is 30.3 Å². The third kappa shape index (κ3) is 6.18. The molecule has 3 unspecified atom stereocenters. The summed E-state index contributed by atoms with van der Waals surface area (Å²) in [5.41, 5.74) is -0.760. The van der Waals surface area contributed by atoms with E-state index in [1.165, 1.54) is 11.8 Å². The third-order valence-electron chi connectivity index (χ3n) is 10.5. The van der Waals surface area contributed by atoms with Crippen LogP contribution in [0.1, 0.15) is 59.3 Å². The maximum absolute atomic E-state index is 17.2. The summed E-state index contributed by atoms with van der Waals surface area (Å²) in [5.74, 6) is -0.706. The molecule has 0 bridgehead atoms. The summed E-state index contributed by atoms with van der Waals surface area (Å²) in [6.07, 6.45) is 0.567. The highest BCUT2D eigenvalue weighted by atomic mass is 19.1. The van der Waals surface area contributed by atoms with Crippen LogP contribution in [-0.2, 0) is 22.6 Å². The Morgan fingerprint density at radius 1 is 1.08 bits per heavy atom. The topological polar surface area (TPSA) is 119 Å². The number of phenols is 1. The number of amides is 3. The smallest absolute Gasteiger partial charge is 0.254 e. The highest BCUT2D eigenvalue weighted by Crippen LogP contribution is 2.55. The Kier molecular flexibility index (Phi) is 9.04. The van der Waals surface area contributed by atoms with Crippen molar-refractivity contribution in [3.8, 4) is 11.5 Å². The summed E-state index contributed by atoms with van der Waals surface area (Å²) in [6.45, 7) is 10.7. The molecule has 49 heavy (non-hydrogen) atoms. The number of rotatable bonds is 12. The lowest BCUT2D eigenvalue weighted by Gasteiger charge is -2.57. The predicted octanol–water partition coefficient (Wildman–Crippen LogP) is 4.80. The molecule has 5 atom stereocenters. The van der Waals surface area contributed by atoms with Gasteiger partial charge in [0.25, 0.3) is 11.8 Å². The minimum absolute atomic E-state index is 0.0534. The van der Waals surface area contributed by atoms with E-state index in [2.05, 4.69) is 11.9 Å². The monoisotopic (exact) mass is 669 g/mol. The Morgan fingerprint density at radius 3 is 2.45 bits per heavy atom. The summed E-state index contributed by atoms with van der Waals surface area (Å²) in [6, 6.07) is 17.3. The molecule has 3 amide bonds. The summed E-state index contributed by atoms with van der Waals surface area (Å²) in [4.78, 5) is 44.2. The second-order valence-electron chi connectivity index (χ2n) is 14.1. The predicted molar refractivity (Wildman–Crippen MR) is 183 cm³/mol. The molecule has 3 fully saturated rings. The number of nitrogens with zero attached hydrogens (tertiary/aromatic N) is 2. The first-order chi connectivity index (χ1) is 23.2. The van der Waals surface area contributed by atoms with Crippen LogP contribution in [0.5, 0.6) is 11.5 Å². The molecule has 9 nitrogen and oxygen atoms in total. The highest BCUT2D eigenvalue weighted by molar-refractivity contribution is 5.99. The maximum atomic E-state index is 17.2. The quantitative estimate of drug-likeness (QED) is 0.189. The van der Waals surface area contributed by atoms with Gasteiger partial charge in [0.2, 0.25) is 5.91 Å². The summed E-state index contributed by atoms with van der Waals surface area (Å²) in [7, 11) is 0. The minimum Gasteiger partial charge on any atom is -0.508 e. The van der Waals surface area contributed by atoms with Gasteiger partial charge in [-0.05, 0) is 99.4 Å². The minimum atomic E-state index is -2.17. The average Bonchev–Trinajstić information content (AvgIpc) is 3.88. The number of β-lactam (4-membered cyclic amide) rings is 1. The molecule has 3 aromatic rings. The second kappa shape index (κ2) is 13.0. The first-order valence-corrected chi connectivity index (χ1v) is 16.8. The number of halogens is 1. The number of aryl methyl sites for hydroxylation is 1. The van der Waals surface area contributed by atoms with Crippen LogP contribution in [0.2, 0.25) is 0 Å². The van der Waals surface area contributed by atoms with Crippen LogP contribution < -0.4 is 10.1 Å². The van der Waals surface area contributed by atoms with Gasteiger partial charge in [0.15, 0.2) is 11.8 Å². The van der Waals surface area contributed by atoms with E-state index in [0.29, 0.717) is 29.4 Å². The van der Waals surface area contributed by atoms with Gasteiger partial charge in [0.05, 0.1) is 19.2 Å². The van der Waals surface area contributed by atoms with Gasteiger partial charge in [-0.25, -0.2) is 4.39 Å². The van der Waals surface area contributed by atoms with E-state index < -0.39 is 53.7 Å². The van der Waals surface area contributed by atoms with Crippen molar-refractivity contribution in [1.82, 2.24) is 15.1 Å². The molecule has 2 saturated heterocycles.